The molecule has 2 aromatic rings. The first-order chi connectivity index (χ1) is 6.88. The summed E-state index contributed by atoms with van der Waals surface area (Å²) >= 11 is 0. The third kappa shape index (κ3) is 0.990. The van der Waals surface area contributed by atoms with Crippen molar-refractivity contribution in [2.24, 2.45) is 0 Å². The van der Waals surface area contributed by atoms with E-state index in [-0.39, 0.29) is 0 Å². The molecular formula is C10H8N4. The van der Waals surface area contributed by atoms with E-state index in [1.807, 2.05) is 16.8 Å². The van der Waals surface area contributed by atoms with Gasteiger partial charge < -0.3 is 0 Å². The summed E-state index contributed by atoms with van der Waals surface area (Å²) in [5.41, 5.74) is 2.52. The molecule has 68 valence electrons. The molecule has 0 saturated heterocycles. The van der Waals surface area contributed by atoms with Crippen LogP contribution in [0.5, 0.6) is 0 Å². The van der Waals surface area contributed by atoms with Gasteiger partial charge in [-0.3, -0.25) is 0 Å². The minimum Gasteiger partial charge on any atom is -0.242 e. The van der Waals surface area contributed by atoms with Gasteiger partial charge >= 0.3 is 0 Å². The van der Waals surface area contributed by atoms with Gasteiger partial charge in [-0.15, -0.1) is 5.10 Å². The van der Waals surface area contributed by atoms with Gasteiger partial charge in [0.15, 0.2) is 0 Å². The summed E-state index contributed by atoms with van der Waals surface area (Å²) in [6.45, 7) is 0. The molecule has 1 heterocycles. The van der Waals surface area contributed by atoms with Crippen LogP contribution in [0.2, 0.25) is 0 Å². The number of benzene rings is 1. The second kappa shape index (κ2) is 2.55. The Morgan fingerprint density at radius 2 is 2.29 bits per heavy atom. The van der Waals surface area contributed by atoms with Crippen LogP contribution in [0.4, 0.5) is 0 Å². The first-order valence-corrected chi connectivity index (χ1v) is 4.63. The Morgan fingerprint density at radius 3 is 3.00 bits per heavy atom. The molecule has 1 aromatic carbocycles. The molecule has 4 heteroatoms. The maximum absolute atomic E-state index is 8.78. The molecule has 0 unspecified atom stereocenters. The zero-order valence-electron chi connectivity index (χ0n) is 7.51. The summed E-state index contributed by atoms with van der Waals surface area (Å²) in [5.74, 6) is 0. The SMILES string of the molecule is N#Cc1ccc2nnn(C3CC3)c2c1. The number of hydrogen-bond acceptors (Lipinski definition) is 3. The normalized spacial score (nSPS) is 15.6. The first-order valence-electron chi connectivity index (χ1n) is 4.63. The van der Waals surface area contributed by atoms with Gasteiger partial charge in [-0.05, 0) is 31.0 Å². The van der Waals surface area contributed by atoms with E-state index < -0.39 is 0 Å². The Labute approximate surface area is 80.8 Å². The van der Waals surface area contributed by atoms with Crippen LogP contribution in [-0.2, 0) is 0 Å². The predicted octanol–water partition coefficient (Wildman–Crippen LogP) is 1.64. The molecule has 1 fully saturated rings. The molecule has 0 aliphatic heterocycles. The summed E-state index contributed by atoms with van der Waals surface area (Å²) in [6, 6.07) is 8.11. The van der Waals surface area contributed by atoms with Gasteiger partial charge in [0.1, 0.15) is 5.52 Å². The number of rotatable bonds is 1. The van der Waals surface area contributed by atoms with Gasteiger partial charge in [0.25, 0.3) is 0 Å². The van der Waals surface area contributed by atoms with E-state index in [1.54, 1.807) is 6.07 Å². The second-order valence-corrected chi connectivity index (χ2v) is 3.58. The van der Waals surface area contributed by atoms with Gasteiger partial charge in [-0.2, -0.15) is 5.26 Å². The summed E-state index contributed by atoms with van der Waals surface area (Å²) < 4.78 is 1.93. The molecule has 0 amide bonds. The van der Waals surface area contributed by atoms with Gasteiger partial charge in [-0.1, -0.05) is 5.21 Å². The average molecular weight is 184 g/mol. The highest BCUT2D eigenvalue weighted by molar-refractivity contribution is 5.76. The second-order valence-electron chi connectivity index (χ2n) is 3.58. The molecule has 4 nitrogen and oxygen atoms in total. The first kappa shape index (κ1) is 7.51. The molecule has 1 saturated carbocycles. The maximum atomic E-state index is 8.78. The smallest absolute Gasteiger partial charge is 0.113 e. The highest BCUT2D eigenvalue weighted by atomic mass is 15.4. The third-order valence-electron chi connectivity index (χ3n) is 2.49. The van der Waals surface area contributed by atoms with Crippen LogP contribution in [0.15, 0.2) is 18.2 Å². The summed E-state index contributed by atoms with van der Waals surface area (Å²) in [6.07, 6.45) is 2.35. The lowest BCUT2D eigenvalue weighted by molar-refractivity contribution is 0.630. The molecule has 3 rings (SSSR count). The van der Waals surface area contributed by atoms with Crippen molar-refractivity contribution in [1.82, 2.24) is 15.0 Å². The van der Waals surface area contributed by atoms with E-state index in [2.05, 4.69) is 16.4 Å². The van der Waals surface area contributed by atoms with Crippen LogP contribution in [0, 0.1) is 11.3 Å². The monoisotopic (exact) mass is 184 g/mol. The highest BCUT2D eigenvalue weighted by Crippen LogP contribution is 2.36. The van der Waals surface area contributed by atoms with Crippen LogP contribution in [0.3, 0.4) is 0 Å². The largest absolute Gasteiger partial charge is 0.242 e. The molecule has 1 aliphatic rings. The van der Waals surface area contributed by atoms with Gasteiger partial charge in [-0.25, -0.2) is 4.68 Å². The van der Waals surface area contributed by atoms with E-state index >= 15 is 0 Å². The van der Waals surface area contributed by atoms with Crippen LogP contribution in [0.25, 0.3) is 11.0 Å². The molecule has 0 N–H and O–H groups in total. The molecule has 1 aromatic heterocycles. The maximum Gasteiger partial charge on any atom is 0.113 e. The molecule has 1 aliphatic carbocycles. The fraction of sp³-hybridized carbons (Fsp3) is 0.300. The van der Waals surface area contributed by atoms with Crippen molar-refractivity contribution in [2.75, 3.05) is 0 Å². The molecule has 14 heavy (non-hydrogen) atoms. The summed E-state index contributed by atoms with van der Waals surface area (Å²) in [7, 11) is 0. The zero-order valence-corrected chi connectivity index (χ0v) is 7.51. The molecule has 0 spiro atoms. The van der Waals surface area contributed by atoms with E-state index in [1.165, 1.54) is 12.8 Å². The lowest BCUT2D eigenvalue weighted by Crippen LogP contribution is -1.95. The van der Waals surface area contributed by atoms with Gasteiger partial charge in [0.2, 0.25) is 0 Å². The lowest BCUT2D eigenvalue weighted by atomic mass is 10.2. The Morgan fingerprint density at radius 1 is 1.43 bits per heavy atom. The fourth-order valence-electron chi connectivity index (χ4n) is 1.59. The standard InChI is InChI=1S/C10H8N4/c11-6-7-1-4-9-10(5-7)14(13-12-9)8-2-3-8/h1,4-5,8H,2-3H2. The number of aromatic nitrogens is 3. The lowest BCUT2D eigenvalue weighted by Gasteiger charge is -1.97. The van der Waals surface area contributed by atoms with E-state index in [0.29, 0.717) is 11.6 Å². The van der Waals surface area contributed by atoms with E-state index in [4.69, 9.17) is 5.26 Å². The van der Waals surface area contributed by atoms with Crippen molar-refractivity contribution >= 4 is 11.0 Å². The van der Waals surface area contributed by atoms with Crippen molar-refractivity contribution in [3.05, 3.63) is 23.8 Å². The van der Waals surface area contributed by atoms with E-state index in [9.17, 15) is 0 Å². The number of fused-ring (bicyclic) bond motifs is 1. The Hall–Kier alpha value is -1.89. The minimum absolute atomic E-state index is 0.508. The van der Waals surface area contributed by atoms with Crippen LogP contribution in [0.1, 0.15) is 24.4 Å². The summed E-state index contributed by atoms with van der Waals surface area (Å²) in [4.78, 5) is 0. The van der Waals surface area contributed by atoms with E-state index in [0.717, 1.165) is 11.0 Å². The zero-order chi connectivity index (χ0) is 9.54. The molecule has 0 radical (unpaired) electrons. The topological polar surface area (TPSA) is 54.5 Å². The Bertz CT molecular complexity index is 531. The van der Waals surface area contributed by atoms with Crippen molar-refractivity contribution in [3.8, 4) is 6.07 Å². The number of nitriles is 1. The average Bonchev–Trinajstić information content (AvgIpc) is 2.98. The van der Waals surface area contributed by atoms with Crippen molar-refractivity contribution in [2.45, 2.75) is 18.9 Å². The Balaban J connectivity index is 2.27. The highest BCUT2D eigenvalue weighted by Gasteiger charge is 2.26. The molecular weight excluding hydrogens is 176 g/mol. The van der Waals surface area contributed by atoms with Crippen molar-refractivity contribution in [3.63, 3.8) is 0 Å². The minimum atomic E-state index is 0.508. The quantitative estimate of drug-likeness (QED) is 0.676. The molecule has 0 atom stereocenters. The van der Waals surface area contributed by atoms with Crippen LogP contribution < -0.4 is 0 Å². The third-order valence-corrected chi connectivity index (χ3v) is 2.49. The van der Waals surface area contributed by atoms with Crippen LogP contribution in [-0.4, -0.2) is 15.0 Å². The predicted molar refractivity (Wildman–Crippen MR) is 50.5 cm³/mol. The number of hydrogen-bond donors (Lipinski definition) is 0. The van der Waals surface area contributed by atoms with Crippen LogP contribution >= 0.6 is 0 Å². The summed E-state index contributed by atoms with van der Waals surface area (Å²) in [5, 5.41) is 16.9. The number of nitrogens with zero attached hydrogens (tertiary/aromatic N) is 4. The fourth-order valence-corrected chi connectivity index (χ4v) is 1.59. The Kier molecular flexibility index (Phi) is 1.37. The molecule has 0 bridgehead atoms. The van der Waals surface area contributed by atoms with Crippen molar-refractivity contribution < 1.29 is 0 Å². The van der Waals surface area contributed by atoms with Gasteiger partial charge in [0.05, 0.1) is 23.2 Å². The van der Waals surface area contributed by atoms with Gasteiger partial charge in [0, 0.05) is 0 Å². The van der Waals surface area contributed by atoms with Crippen molar-refractivity contribution in [1.29, 1.82) is 5.26 Å².